The largest absolute Gasteiger partial charge is 0.345 e. The Hall–Kier alpha value is -7.50. The summed E-state index contributed by atoms with van der Waals surface area (Å²) < 4.78 is 36.2. The lowest BCUT2D eigenvalue weighted by Crippen LogP contribution is -2.47. The predicted molar refractivity (Wildman–Crippen MR) is 292 cm³/mol. The van der Waals surface area contributed by atoms with Gasteiger partial charge in [0.15, 0.2) is 11.6 Å². The van der Waals surface area contributed by atoms with Crippen LogP contribution >= 0.6 is 23.5 Å². The maximum absolute atomic E-state index is 14.5. The molecule has 0 saturated carbocycles. The first-order valence-corrected chi connectivity index (χ1v) is 27.9. The van der Waals surface area contributed by atoms with E-state index in [1.165, 1.54) is 80.2 Å². The highest BCUT2D eigenvalue weighted by Gasteiger charge is 2.34. The third kappa shape index (κ3) is 11.4. The van der Waals surface area contributed by atoms with Crippen molar-refractivity contribution in [2.24, 2.45) is 0 Å². The fourth-order valence-electron chi connectivity index (χ4n) is 10.9. The Morgan fingerprint density at radius 2 is 1.14 bits per heavy atom. The second kappa shape index (κ2) is 24.0. The lowest BCUT2D eigenvalue weighted by Gasteiger charge is -2.35. The molecule has 4 saturated heterocycles. The van der Waals surface area contributed by atoms with Crippen LogP contribution in [0, 0.1) is 48.1 Å². The second-order valence-corrected chi connectivity index (χ2v) is 22.2. The van der Waals surface area contributed by atoms with E-state index in [1.54, 1.807) is 32.3 Å². The third-order valence-electron chi connectivity index (χ3n) is 15.2. The molecule has 0 aliphatic carbocycles. The summed E-state index contributed by atoms with van der Waals surface area (Å²) in [6.45, 7) is 10.6. The fourth-order valence-corrected chi connectivity index (χ4v) is 12.9. The minimum Gasteiger partial charge on any atom is -0.345 e. The van der Waals surface area contributed by atoms with E-state index < -0.39 is 11.6 Å². The smallest absolute Gasteiger partial charge is 0.239 e. The van der Waals surface area contributed by atoms with E-state index in [9.17, 15) is 28.9 Å². The molecule has 0 bridgehead atoms. The fraction of sp³-hybridized carbons (Fsp3) is 0.393. The molecular weight excluding hydrogens is 1030 g/mol. The normalized spacial score (nSPS) is 17.4. The number of fused-ring (bicyclic) bond motifs is 2. The van der Waals surface area contributed by atoms with Gasteiger partial charge >= 0.3 is 0 Å². The van der Waals surface area contributed by atoms with Gasteiger partial charge in [0, 0.05) is 94.4 Å². The molecule has 12 rings (SSSR count). The summed E-state index contributed by atoms with van der Waals surface area (Å²) in [4.78, 5) is 42.1. The number of hydrogen-bond acceptors (Lipinski definition) is 14. The maximum atomic E-state index is 14.5. The van der Waals surface area contributed by atoms with Crippen LogP contribution in [0.4, 0.5) is 8.78 Å². The lowest BCUT2D eigenvalue weighted by atomic mass is 10.0. The summed E-state index contributed by atoms with van der Waals surface area (Å²) in [5, 5.41) is 37.8. The first-order chi connectivity index (χ1) is 37.9. The van der Waals surface area contributed by atoms with Gasteiger partial charge in [-0.25, -0.2) is 27.8 Å². The molecule has 18 nitrogen and oxygen atoms in total. The molecule has 8 aromatic rings. The van der Waals surface area contributed by atoms with E-state index in [0.29, 0.717) is 32.0 Å². The van der Waals surface area contributed by atoms with Crippen LogP contribution in [0.25, 0.3) is 33.3 Å². The average Bonchev–Trinajstić information content (AvgIpc) is 4.36. The van der Waals surface area contributed by atoms with Crippen molar-refractivity contribution < 1.29 is 18.4 Å². The zero-order valence-electron chi connectivity index (χ0n) is 44.0. The summed E-state index contributed by atoms with van der Waals surface area (Å²) >= 11 is 2.34. The van der Waals surface area contributed by atoms with Gasteiger partial charge in [-0.3, -0.25) is 23.9 Å². The second-order valence-electron chi connectivity index (χ2n) is 20.2. The number of aromatic nitrogens is 10. The summed E-state index contributed by atoms with van der Waals surface area (Å²) in [7, 11) is 4.21. The first kappa shape index (κ1) is 53.9. The Kier molecular flexibility index (Phi) is 16.6. The number of nitrogens with zero attached hydrogens (tertiary/aromatic N) is 16. The van der Waals surface area contributed by atoms with E-state index >= 15 is 0 Å². The van der Waals surface area contributed by atoms with E-state index in [4.69, 9.17) is 5.10 Å². The summed E-state index contributed by atoms with van der Waals surface area (Å²) in [6.07, 6.45) is 22.7. The van der Waals surface area contributed by atoms with Crippen LogP contribution in [-0.2, 0) is 9.59 Å². The predicted octanol–water partition coefficient (Wildman–Crippen LogP) is 8.89. The molecule has 0 radical (unpaired) electrons. The van der Waals surface area contributed by atoms with Crippen LogP contribution in [0.1, 0.15) is 86.0 Å². The van der Waals surface area contributed by atoms with E-state index in [0.717, 1.165) is 111 Å². The number of amides is 2. The van der Waals surface area contributed by atoms with Crippen molar-refractivity contribution in [2.75, 3.05) is 59.9 Å². The molecule has 4 aliphatic heterocycles. The van der Waals surface area contributed by atoms with Gasteiger partial charge in [0.1, 0.15) is 22.2 Å². The van der Waals surface area contributed by atoms with E-state index in [-0.39, 0.29) is 34.1 Å². The number of carbonyl (C=O) groups is 2. The number of nitriles is 2. The molecule has 0 aromatic carbocycles. The molecule has 8 aromatic heterocycles. The number of likely N-dealkylation sites (N-methyl/N-ethyl adjacent to an activating group) is 1. The standard InChI is InChI=1S/C28H29FN8OS.C23H20FN7OS.C5H11N/c1-18-22(16-33-37(18)21-7-11-35(12-8-21)28(38)24-6-4-10-34(24)2)19-13-25(39-27-23(29)5-3-9-31-27)26-20(14-30)15-32-36(26)17-19;1-15-19(12-28-31(15)18-4-7-29(14-32)8-5-18)16-9-21(33-23-20(24)3-2-6-26-23)22-17(10-25)11-27-30(22)13-16;1-6-4-2-3-5-6/h3,5,9,13,15-17,21,24H,4,6-8,10-12H2,1-2H3;2-3,6,9,11-14,18H,4-5,7-8H2,1H3;2-5H2,1H3. The van der Waals surface area contributed by atoms with E-state index in [2.05, 4.69) is 58.9 Å². The molecule has 1 unspecified atom stereocenters. The zero-order chi connectivity index (χ0) is 54.5. The topological polar surface area (TPSA) is 191 Å². The van der Waals surface area contributed by atoms with Gasteiger partial charge < -0.3 is 14.7 Å². The molecule has 2 amide bonds. The maximum Gasteiger partial charge on any atom is 0.239 e. The third-order valence-corrected chi connectivity index (χ3v) is 17.3. The zero-order valence-corrected chi connectivity index (χ0v) is 45.7. The number of halogens is 2. The van der Waals surface area contributed by atoms with Gasteiger partial charge in [-0.05, 0) is 135 Å². The average molecular weight is 1090 g/mol. The van der Waals surface area contributed by atoms with Crippen LogP contribution in [-0.4, -0.2) is 147 Å². The van der Waals surface area contributed by atoms with Crippen molar-refractivity contribution in [3.8, 4) is 34.4 Å². The highest BCUT2D eigenvalue weighted by atomic mass is 32.2. The van der Waals surface area contributed by atoms with Crippen molar-refractivity contribution in [1.29, 1.82) is 10.5 Å². The number of carbonyl (C=O) groups excluding carboxylic acids is 2. The highest BCUT2D eigenvalue weighted by Crippen LogP contribution is 2.39. The number of hydrogen-bond donors (Lipinski definition) is 0. The minimum absolute atomic E-state index is 0.0185. The molecule has 0 N–H and O–H groups in total. The Morgan fingerprint density at radius 3 is 1.55 bits per heavy atom. The first-order valence-electron chi connectivity index (χ1n) is 26.3. The van der Waals surface area contributed by atoms with Gasteiger partial charge in [-0.15, -0.1) is 0 Å². The monoisotopic (exact) mass is 1090 g/mol. The SMILES string of the molecule is CN1CCCC1.Cc1c(-c2cc(Sc3ncccc3F)c3c(C#N)cnn3c2)cnn1C1CCN(C(=O)C2CCCN2C)CC1.Cc1c(-c2cc(Sc3ncccc3F)c3c(C#N)cnn3c2)cnn1C1CCN(C=O)CC1. The van der Waals surface area contributed by atoms with Crippen molar-refractivity contribution in [3.05, 3.63) is 120 Å². The number of likely N-dealkylation sites (tertiary alicyclic amines) is 4. The van der Waals surface area contributed by atoms with E-state index in [1.807, 2.05) is 67.4 Å². The van der Waals surface area contributed by atoms with Crippen molar-refractivity contribution in [3.63, 3.8) is 0 Å². The van der Waals surface area contributed by atoms with Crippen LogP contribution in [0.2, 0.25) is 0 Å². The van der Waals surface area contributed by atoms with Gasteiger partial charge in [-0.2, -0.15) is 30.9 Å². The number of pyridine rings is 4. The summed E-state index contributed by atoms with van der Waals surface area (Å²) in [5.74, 6) is -0.586. The van der Waals surface area contributed by atoms with Crippen LogP contribution in [0.5, 0.6) is 0 Å². The Morgan fingerprint density at radius 1 is 0.654 bits per heavy atom. The van der Waals surface area contributed by atoms with Crippen LogP contribution in [0.15, 0.2) is 106 Å². The molecule has 4 aliphatic rings. The molecular formula is C56H60F2N16O2S2. The molecule has 4 fully saturated rings. The van der Waals surface area contributed by atoms with Crippen LogP contribution in [0.3, 0.4) is 0 Å². The van der Waals surface area contributed by atoms with Gasteiger partial charge in [0.05, 0.1) is 65.1 Å². The molecule has 12 heterocycles. The van der Waals surface area contributed by atoms with Gasteiger partial charge in [-0.1, -0.05) is 23.5 Å². The number of rotatable bonds is 10. The van der Waals surface area contributed by atoms with Crippen molar-refractivity contribution in [2.45, 2.75) is 103 Å². The molecule has 1 atom stereocenters. The summed E-state index contributed by atoms with van der Waals surface area (Å²) in [5.41, 5.74) is 7.69. The van der Waals surface area contributed by atoms with Gasteiger partial charge in [0.2, 0.25) is 12.3 Å². The highest BCUT2D eigenvalue weighted by molar-refractivity contribution is 7.99. The van der Waals surface area contributed by atoms with Crippen LogP contribution < -0.4 is 0 Å². The van der Waals surface area contributed by atoms with Crippen molar-refractivity contribution in [1.82, 2.24) is 68.4 Å². The number of piperidine rings is 2. The van der Waals surface area contributed by atoms with Gasteiger partial charge in [0.25, 0.3) is 0 Å². The Balaban J connectivity index is 0.000000161. The molecule has 0 spiro atoms. The lowest BCUT2D eigenvalue weighted by molar-refractivity contribution is -0.136. The Labute approximate surface area is 459 Å². The molecule has 22 heteroatoms. The summed E-state index contributed by atoms with van der Waals surface area (Å²) in [6, 6.07) is 14.5. The molecule has 78 heavy (non-hydrogen) atoms. The molecule has 402 valence electrons. The minimum atomic E-state index is -0.422. The Bertz CT molecular complexity index is 3540. The van der Waals surface area contributed by atoms with Crippen molar-refractivity contribution >= 4 is 46.9 Å². The quantitative estimate of drug-likeness (QED) is 0.118.